The smallest absolute Gasteiger partial charge is 0.119 e. The Morgan fingerprint density at radius 1 is 0.893 bits per heavy atom. The second kappa shape index (κ2) is 8.13. The lowest BCUT2D eigenvalue weighted by atomic mass is 10.1. The monoisotopic (exact) mass is 372 g/mol. The third kappa shape index (κ3) is 3.83. The van der Waals surface area contributed by atoms with Gasteiger partial charge in [0.15, 0.2) is 0 Å². The molecule has 0 fully saturated rings. The summed E-state index contributed by atoms with van der Waals surface area (Å²) in [5.41, 5.74) is 6.45. The fourth-order valence-electron chi connectivity index (χ4n) is 3.17. The van der Waals surface area contributed by atoms with E-state index in [1.165, 1.54) is 11.1 Å². The fourth-order valence-corrected chi connectivity index (χ4v) is 3.17. The molecule has 0 aliphatic carbocycles. The molecule has 4 rings (SSSR count). The van der Waals surface area contributed by atoms with Crippen molar-refractivity contribution in [3.63, 3.8) is 0 Å². The Morgan fingerprint density at radius 2 is 1.64 bits per heavy atom. The van der Waals surface area contributed by atoms with Crippen LogP contribution in [0.15, 0.2) is 66.7 Å². The number of hydrogen-bond donors (Lipinski definition) is 1. The van der Waals surface area contributed by atoms with Gasteiger partial charge < -0.3 is 10.1 Å². The van der Waals surface area contributed by atoms with E-state index in [2.05, 4.69) is 52.9 Å². The molecular formula is C23H24N4O. The van der Waals surface area contributed by atoms with Crippen LogP contribution in [-0.4, -0.2) is 21.6 Å². The highest BCUT2D eigenvalue weighted by Crippen LogP contribution is 2.22. The number of ether oxygens (including phenoxy) is 1. The van der Waals surface area contributed by atoms with E-state index in [0.29, 0.717) is 6.61 Å². The SMILES string of the molecule is CCOc1ccc(-n2nnc3cc(NCc4ccc(CC)cc4)ccc32)cc1. The standard InChI is InChI=1S/C23H24N4O/c1-3-17-5-7-18(8-6-17)16-24-19-9-14-23-22(15-19)25-26-27(23)20-10-12-21(13-11-20)28-4-2/h5-15,24H,3-4,16H2,1-2H3. The first-order chi connectivity index (χ1) is 13.8. The van der Waals surface area contributed by atoms with Crippen LogP contribution in [0.2, 0.25) is 0 Å². The predicted molar refractivity (Wildman–Crippen MR) is 113 cm³/mol. The molecule has 28 heavy (non-hydrogen) atoms. The number of nitrogens with zero attached hydrogens (tertiary/aromatic N) is 3. The van der Waals surface area contributed by atoms with Crippen LogP contribution in [0.3, 0.4) is 0 Å². The van der Waals surface area contributed by atoms with Crippen molar-refractivity contribution in [2.24, 2.45) is 0 Å². The minimum Gasteiger partial charge on any atom is -0.494 e. The molecule has 0 atom stereocenters. The first kappa shape index (κ1) is 18.0. The largest absolute Gasteiger partial charge is 0.494 e. The summed E-state index contributed by atoms with van der Waals surface area (Å²) in [7, 11) is 0. The number of aromatic nitrogens is 3. The van der Waals surface area contributed by atoms with Gasteiger partial charge in [-0.25, -0.2) is 4.68 Å². The highest BCUT2D eigenvalue weighted by molar-refractivity contribution is 5.80. The van der Waals surface area contributed by atoms with E-state index in [-0.39, 0.29) is 0 Å². The van der Waals surface area contributed by atoms with E-state index in [1.54, 1.807) is 0 Å². The zero-order valence-electron chi connectivity index (χ0n) is 16.2. The summed E-state index contributed by atoms with van der Waals surface area (Å²) in [5.74, 6) is 0.856. The van der Waals surface area contributed by atoms with Crippen LogP contribution in [0.1, 0.15) is 25.0 Å². The predicted octanol–water partition coefficient (Wildman–Crippen LogP) is 4.99. The molecule has 4 aromatic rings. The maximum absolute atomic E-state index is 5.50. The van der Waals surface area contributed by atoms with E-state index in [9.17, 15) is 0 Å². The minimum absolute atomic E-state index is 0.657. The molecule has 5 heteroatoms. The highest BCUT2D eigenvalue weighted by Gasteiger charge is 2.08. The van der Waals surface area contributed by atoms with Crippen molar-refractivity contribution in [1.29, 1.82) is 0 Å². The number of benzene rings is 3. The molecular weight excluding hydrogens is 348 g/mol. The fraction of sp³-hybridized carbons (Fsp3) is 0.217. The normalized spacial score (nSPS) is 10.9. The number of anilines is 1. The molecule has 5 nitrogen and oxygen atoms in total. The zero-order valence-corrected chi connectivity index (χ0v) is 16.2. The third-order valence-electron chi connectivity index (χ3n) is 4.77. The van der Waals surface area contributed by atoms with Gasteiger partial charge in [0, 0.05) is 12.2 Å². The zero-order chi connectivity index (χ0) is 19.3. The molecule has 0 aliphatic rings. The lowest BCUT2D eigenvalue weighted by Gasteiger charge is -2.08. The molecule has 1 heterocycles. The maximum Gasteiger partial charge on any atom is 0.119 e. The van der Waals surface area contributed by atoms with Crippen LogP contribution >= 0.6 is 0 Å². The second-order valence-electron chi connectivity index (χ2n) is 6.66. The molecule has 0 unspecified atom stereocenters. The van der Waals surface area contributed by atoms with Gasteiger partial charge in [-0.05, 0) is 66.9 Å². The number of rotatable bonds is 7. The van der Waals surface area contributed by atoms with Crippen LogP contribution in [0.5, 0.6) is 5.75 Å². The van der Waals surface area contributed by atoms with E-state index in [1.807, 2.05) is 48.0 Å². The van der Waals surface area contributed by atoms with Crippen molar-refractivity contribution in [3.05, 3.63) is 77.9 Å². The van der Waals surface area contributed by atoms with Crippen molar-refractivity contribution in [3.8, 4) is 11.4 Å². The molecule has 0 saturated carbocycles. The topological polar surface area (TPSA) is 52.0 Å². The van der Waals surface area contributed by atoms with Gasteiger partial charge in [-0.3, -0.25) is 0 Å². The van der Waals surface area contributed by atoms with Gasteiger partial charge in [0.1, 0.15) is 11.3 Å². The first-order valence-electron chi connectivity index (χ1n) is 9.67. The quantitative estimate of drug-likeness (QED) is 0.496. The molecule has 0 aliphatic heterocycles. The van der Waals surface area contributed by atoms with Gasteiger partial charge in [0.25, 0.3) is 0 Å². The van der Waals surface area contributed by atoms with E-state index < -0.39 is 0 Å². The van der Waals surface area contributed by atoms with Crippen LogP contribution in [0.25, 0.3) is 16.7 Å². The van der Waals surface area contributed by atoms with Gasteiger partial charge in [0.05, 0.1) is 17.8 Å². The Kier molecular flexibility index (Phi) is 5.24. The van der Waals surface area contributed by atoms with E-state index in [4.69, 9.17) is 4.74 Å². The van der Waals surface area contributed by atoms with Crippen molar-refractivity contribution in [2.45, 2.75) is 26.8 Å². The summed E-state index contributed by atoms with van der Waals surface area (Å²) in [6.45, 7) is 5.58. The first-order valence-corrected chi connectivity index (χ1v) is 9.67. The Balaban J connectivity index is 1.50. The maximum atomic E-state index is 5.50. The van der Waals surface area contributed by atoms with Crippen molar-refractivity contribution in [2.75, 3.05) is 11.9 Å². The summed E-state index contributed by atoms with van der Waals surface area (Å²) in [4.78, 5) is 0. The molecule has 0 saturated heterocycles. The number of nitrogens with one attached hydrogen (secondary N) is 1. The van der Waals surface area contributed by atoms with Gasteiger partial charge in [-0.15, -0.1) is 5.10 Å². The van der Waals surface area contributed by atoms with E-state index >= 15 is 0 Å². The van der Waals surface area contributed by atoms with Gasteiger partial charge in [-0.2, -0.15) is 0 Å². The summed E-state index contributed by atoms with van der Waals surface area (Å²) in [6.07, 6.45) is 1.06. The molecule has 0 radical (unpaired) electrons. The summed E-state index contributed by atoms with van der Waals surface area (Å²) in [5, 5.41) is 12.1. The summed E-state index contributed by atoms with van der Waals surface area (Å²) >= 11 is 0. The number of fused-ring (bicyclic) bond motifs is 1. The summed E-state index contributed by atoms with van der Waals surface area (Å²) in [6, 6.07) is 22.7. The molecule has 0 spiro atoms. The van der Waals surface area contributed by atoms with Crippen LogP contribution in [0, 0.1) is 0 Å². The number of hydrogen-bond acceptors (Lipinski definition) is 4. The Labute approximate surface area is 165 Å². The van der Waals surface area contributed by atoms with Crippen molar-refractivity contribution < 1.29 is 4.74 Å². The average molecular weight is 372 g/mol. The lowest BCUT2D eigenvalue weighted by molar-refractivity contribution is 0.340. The van der Waals surface area contributed by atoms with Crippen molar-refractivity contribution >= 4 is 16.7 Å². The molecule has 142 valence electrons. The van der Waals surface area contributed by atoms with Crippen LogP contribution in [0.4, 0.5) is 5.69 Å². The second-order valence-corrected chi connectivity index (χ2v) is 6.66. The van der Waals surface area contributed by atoms with Gasteiger partial charge in [-0.1, -0.05) is 36.4 Å². The molecule has 1 N–H and O–H groups in total. The molecule has 1 aromatic heterocycles. The Bertz CT molecular complexity index is 1050. The third-order valence-corrected chi connectivity index (χ3v) is 4.77. The highest BCUT2D eigenvalue weighted by atomic mass is 16.5. The molecule has 0 bridgehead atoms. The average Bonchev–Trinajstić information content (AvgIpc) is 3.17. The van der Waals surface area contributed by atoms with Crippen LogP contribution in [-0.2, 0) is 13.0 Å². The Morgan fingerprint density at radius 3 is 2.36 bits per heavy atom. The van der Waals surface area contributed by atoms with Crippen LogP contribution < -0.4 is 10.1 Å². The Hall–Kier alpha value is -3.34. The minimum atomic E-state index is 0.657. The lowest BCUT2D eigenvalue weighted by Crippen LogP contribution is -2.00. The van der Waals surface area contributed by atoms with Gasteiger partial charge in [0.2, 0.25) is 0 Å². The van der Waals surface area contributed by atoms with Gasteiger partial charge >= 0.3 is 0 Å². The van der Waals surface area contributed by atoms with E-state index in [0.717, 1.165) is 41.1 Å². The summed E-state index contributed by atoms with van der Waals surface area (Å²) < 4.78 is 7.35. The number of aryl methyl sites for hydroxylation is 1. The molecule has 0 amide bonds. The molecule has 3 aromatic carbocycles. The van der Waals surface area contributed by atoms with Crippen molar-refractivity contribution in [1.82, 2.24) is 15.0 Å².